The Kier molecular flexibility index (Phi) is 25.8. The molecule has 2 atom stereocenters. The van der Waals surface area contributed by atoms with Crippen LogP contribution in [-0.2, 0) is 19.2 Å². The molecule has 0 saturated heterocycles. The zero-order valence-corrected chi connectivity index (χ0v) is 14.6. The molecule has 24 heavy (non-hydrogen) atoms. The first-order chi connectivity index (χ1) is 10.7. The van der Waals surface area contributed by atoms with E-state index in [1.807, 2.05) is 0 Å². The molecule has 1 aliphatic rings. The Morgan fingerprint density at radius 3 is 0.833 bits per heavy atom. The van der Waals surface area contributed by atoms with E-state index < -0.39 is 23.9 Å². The summed E-state index contributed by atoms with van der Waals surface area (Å²) in [7, 11) is 0. The molecule has 144 valence electrons. The molecule has 1 saturated carbocycles. The molecular formula is C14H30N2O8. The Morgan fingerprint density at radius 2 is 0.750 bits per heavy atom. The van der Waals surface area contributed by atoms with Crippen LogP contribution in [0.4, 0.5) is 0 Å². The molecule has 0 aromatic heterocycles. The van der Waals surface area contributed by atoms with E-state index in [-0.39, 0.29) is 12.1 Å². The van der Waals surface area contributed by atoms with Crippen molar-refractivity contribution in [3.05, 3.63) is 0 Å². The molecule has 0 heterocycles. The summed E-state index contributed by atoms with van der Waals surface area (Å²) in [6.45, 7) is 4.33. The first-order valence-electron chi connectivity index (χ1n) is 7.03. The van der Waals surface area contributed by atoms with Crippen LogP contribution in [0.15, 0.2) is 0 Å². The summed E-state index contributed by atoms with van der Waals surface area (Å²) in [6.07, 6.45) is 4.80. The van der Waals surface area contributed by atoms with Gasteiger partial charge in [-0.05, 0) is 12.8 Å². The highest BCUT2D eigenvalue weighted by molar-refractivity contribution is 5.63. The SMILES string of the molecule is CC(=O)O.CC(=O)O.CC(=O)O.CC(=O)O.N[C@@H]1CCCC[C@H]1N. The van der Waals surface area contributed by atoms with Gasteiger partial charge >= 0.3 is 0 Å². The minimum Gasteiger partial charge on any atom is -0.481 e. The fraction of sp³-hybridized carbons (Fsp3) is 0.714. The van der Waals surface area contributed by atoms with Gasteiger partial charge in [0.05, 0.1) is 0 Å². The second-order valence-corrected chi connectivity index (χ2v) is 4.69. The van der Waals surface area contributed by atoms with Crippen LogP contribution in [0.2, 0.25) is 0 Å². The van der Waals surface area contributed by atoms with Gasteiger partial charge < -0.3 is 31.9 Å². The lowest BCUT2D eigenvalue weighted by molar-refractivity contribution is -0.135. The van der Waals surface area contributed by atoms with Gasteiger partial charge in [-0.3, -0.25) is 19.2 Å². The smallest absolute Gasteiger partial charge is 0.300 e. The lowest BCUT2D eigenvalue weighted by Crippen LogP contribution is -2.43. The van der Waals surface area contributed by atoms with Crippen LogP contribution in [0.5, 0.6) is 0 Å². The third kappa shape index (κ3) is 90.4. The minimum absolute atomic E-state index is 0.281. The van der Waals surface area contributed by atoms with E-state index in [0.29, 0.717) is 0 Å². The number of rotatable bonds is 0. The van der Waals surface area contributed by atoms with Crippen LogP contribution in [0.25, 0.3) is 0 Å². The van der Waals surface area contributed by atoms with Crippen molar-refractivity contribution in [1.29, 1.82) is 0 Å². The first-order valence-corrected chi connectivity index (χ1v) is 7.03. The first kappa shape index (κ1) is 29.8. The zero-order chi connectivity index (χ0) is 20.3. The highest BCUT2D eigenvalue weighted by atomic mass is 16.4. The number of aliphatic carboxylic acids is 4. The Bertz CT molecular complexity index is 287. The molecule has 0 radical (unpaired) electrons. The standard InChI is InChI=1S/C6H14N2.4C2H4O2/c7-5-3-1-2-4-6(5)8;4*1-2(3)4/h5-6H,1-4,7-8H2;4*1H3,(H,3,4)/t5-,6-;;;;/m1..../s1. The summed E-state index contributed by atoms with van der Waals surface area (Å²) < 4.78 is 0. The third-order valence-corrected chi connectivity index (χ3v) is 1.87. The van der Waals surface area contributed by atoms with Crippen molar-refractivity contribution in [2.75, 3.05) is 0 Å². The van der Waals surface area contributed by atoms with Crippen molar-refractivity contribution in [2.45, 2.75) is 65.5 Å². The molecule has 0 spiro atoms. The average molecular weight is 354 g/mol. The van der Waals surface area contributed by atoms with Crippen molar-refractivity contribution in [3.8, 4) is 0 Å². The van der Waals surface area contributed by atoms with Gasteiger partial charge in [0.25, 0.3) is 23.9 Å². The highest BCUT2D eigenvalue weighted by Crippen LogP contribution is 2.14. The van der Waals surface area contributed by atoms with Crippen LogP contribution in [0, 0.1) is 0 Å². The molecule has 10 nitrogen and oxygen atoms in total. The van der Waals surface area contributed by atoms with Crippen LogP contribution in [0.1, 0.15) is 53.4 Å². The maximum absolute atomic E-state index is 9.00. The molecule has 0 unspecified atom stereocenters. The van der Waals surface area contributed by atoms with E-state index in [2.05, 4.69) is 0 Å². The average Bonchev–Trinajstić information content (AvgIpc) is 2.30. The molecule has 8 N–H and O–H groups in total. The van der Waals surface area contributed by atoms with Crippen LogP contribution >= 0.6 is 0 Å². The van der Waals surface area contributed by atoms with Crippen molar-refractivity contribution in [2.24, 2.45) is 11.5 Å². The quantitative estimate of drug-likeness (QED) is 0.357. The molecular weight excluding hydrogens is 324 g/mol. The molecule has 1 fully saturated rings. The van der Waals surface area contributed by atoms with Crippen LogP contribution in [0.3, 0.4) is 0 Å². The largest absolute Gasteiger partial charge is 0.481 e. The van der Waals surface area contributed by atoms with E-state index in [9.17, 15) is 0 Å². The maximum atomic E-state index is 9.00. The van der Waals surface area contributed by atoms with E-state index in [4.69, 9.17) is 51.1 Å². The van der Waals surface area contributed by atoms with Crippen molar-refractivity contribution < 1.29 is 39.6 Å². The summed E-state index contributed by atoms with van der Waals surface area (Å²) in [5, 5.41) is 29.7. The molecule has 10 heteroatoms. The predicted molar refractivity (Wildman–Crippen MR) is 87.7 cm³/mol. The normalized spacial score (nSPS) is 17.4. The predicted octanol–water partition coefficient (Wildman–Crippen LogP) is 0.579. The Hall–Kier alpha value is -2.20. The fourth-order valence-corrected chi connectivity index (χ4v) is 1.19. The minimum atomic E-state index is -0.833. The van der Waals surface area contributed by atoms with Gasteiger partial charge in [0.1, 0.15) is 0 Å². The van der Waals surface area contributed by atoms with Gasteiger partial charge in [0.2, 0.25) is 0 Å². The van der Waals surface area contributed by atoms with E-state index in [1.165, 1.54) is 12.8 Å². The number of hydrogen-bond acceptors (Lipinski definition) is 6. The molecule has 1 rings (SSSR count). The number of carboxylic acid groups (broad SMARTS) is 4. The van der Waals surface area contributed by atoms with Gasteiger partial charge in [-0.25, -0.2) is 0 Å². The topological polar surface area (TPSA) is 201 Å². The monoisotopic (exact) mass is 354 g/mol. The van der Waals surface area contributed by atoms with Gasteiger partial charge in [-0.1, -0.05) is 12.8 Å². The molecule has 0 amide bonds. The zero-order valence-electron chi connectivity index (χ0n) is 14.6. The highest BCUT2D eigenvalue weighted by Gasteiger charge is 2.16. The summed E-state index contributed by atoms with van der Waals surface area (Å²) in [4.78, 5) is 36.0. The van der Waals surface area contributed by atoms with Gasteiger partial charge in [-0.2, -0.15) is 0 Å². The van der Waals surface area contributed by atoms with Crippen molar-refractivity contribution >= 4 is 23.9 Å². The second-order valence-electron chi connectivity index (χ2n) is 4.69. The van der Waals surface area contributed by atoms with Gasteiger partial charge in [0, 0.05) is 39.8 Å². The van der Waals surface area contributed by atoms with E-state index in [0.717, 1.165) is 40.5 Å². The van der Waals surface area contributed by atoms with E-state index in [1.54, 1.807) is 0 Å². The van der Waals surface area contributed by atoms with Crippen molar-refractivity contribution in [3.63, 3.8) is 0 Å². The summed E-state index contributed by atoms with van der Waals surface area (Å²) in [6, 6.07) is 0.562. The number of carbonyl (C=O) groups is 4. The second kappa shape index (κ2) is 20.8. The van der Waals surface area contributed by atoms with Crippen molar-refractivity contribution in [1.82, 2.24) is 0 Å². The Morgan fingerprint density at radius 1 is 0.625 bits per heavy atom. The Labute approximate surface area is 141 Å². The molecule has 0 aromatic rings. The summed E-state index contributed by atoms with van der Waals surface area (Å²) >= 11 is 0. The van der Waals surface area contributed by atoms with E-state index >= 15 is 0 Å². The fourth-order valence-electron chi connectivity index (χ4n) is 1.19. The number of carboxylic acids is 4. The maximum Gasteiger partial charge on any atom is 0.300 e. The third-order valence-electron chi connectivity index (χ3n) is 1.87. The van der Waals surface area contributed by atoms with Crippen LogP contribution in [-0.4, -0.2) is 56.4 Å². The molecule has 1 aliphatic carbocycles. The van der Waals surface area contributed by atoms with Gasteiger partial charge in [-0.15, -0.1) is 0 Å². The number of hydrogen-bond donors (Lipinski definition) is 6. The summed E-state index contributed by atoms with van der Waals surface area (Å²) in [5.74, 6) is -3.33. The summed E-state index contributed by atoms with van der Waals surface area (Å²) in [5.41, 5.74) is 11.3. The van der Waals surface area contributed by atoms with Gasteiger partial charge in [0.15, 0.2) is 0 Å². The lowest BCUT2D eigenvalue weighted by atomic mass is 9.92. The molecule has 0 aromatic carbocycles. The molecule has 0 aliphatic heterocycles. The molecule has 0 bridgehead atoms. The Balaban J connectivity index is -0.000000110. The lowest BCUT2D eigenvalue weighted by Gasteiger charge is -2.24. The number of nitrogens with two attached hydrogens (primary N) is 2. The van der Waals surface area contributed by atoms with Crippen LogP contribution < -0.4 is 11.5 Å².